The van der Waals surface area contributed by atoms with Crippen molar-refractivity contribution in [3.8, 4) is 0 Å². The van der Waals surface area contributed by atoms with Crippen LogP contribution >= 0.6 is 11.9 Å². The third-order valence-corrected chi connectivity index (χ3v) is 6.52. The second-order valence-corrected chi connectivity index (χ2v) is 8.32. The summed E-state index contributed by atoms with van der Waals surface area (Å²) in [6.07, 6.45) is 2.41. The maximum atomic E-state index is 13.1. The second-order valence-electron chi connectivity index (χ2n) is 7.23. The van der Waals surface area contributed by atoms with Crippen LogP contribution in [-0.4, -0.2) is 43.7 Å². The summed E-state index contributed by atoms with van der Waals surface area (Å²) in [5, 5.41) is 0.380. The Kier molecular flexibility index (Phi) is 4.94. The molecule has 0 radical (unpaired) electrons. The van der Waals surface area contributed by atoms with Crippen LogP contribution in [0.1, 0.15) is 43.9 Å². The number of amides is 2. The minimum atomic E-state index is -0.356. The third kappa shape index (κ3) is 3.12. The number of nitrogens with zero attached hydrogens (tertiary/aromatic N) is 2. The van der Waals surface area contributed by atoms with Crippen molar-refractivity contribution >= 4 is 35.1 Å². The third-order valence-electron chi connectivity index (χ3n) is 5.35. The highest BCUT2D eigenvalue weighted by molar-refractivity contribution is 7.97. The van der Waals surface area contributed by atoms with Crippen LogP contribution in [0.3, 0.4) is 0 Å². The molecule has 140 valence electrons. The highest BCUT2D eigenvalue weighted by Crippen LogP contribution is 2.42. The van der Waals surface area contributed by atoms with E-state index in [-0.39, 0.29) is 24.0 Å². The van der Waals surface area contributed by atoms with Crippen LogP contribution in [-0.2, 0) is 14.3 Å². The SMILES string of the molecule is CC(=O)N1c2ccc(C3CCNS3)cc2N(C(=O)C2CCCO2)C[C@@H]1C. The van der Waals surface area contributed by atoms with Gasteiger partial charge in [0.2, 0.25) is 5.91 Å². The zero-order chi connectivity index (χ0) is 18.3. The summed E-state index contributed by atoms with van der Waals surface area (Å²) in [5.41, 5.74) is 2.85. The van der Waals surface area contributed by atoms with E-state index < -0.39 is 0 Å². The van der Waals surface area contributed by atoms with Crippen molar-refractivity contribution in [1.29, 1.82) is 0 Å². The van der Waals surface area contributed by atoms with Crippen LogP contribution in [0, 0.1) is 0 Å². The van der Waals surface area contributed by atoms with E-state index in [2.05, 4.69) is 16.9 Å². The van der Waals surface area contributed by atoms with Gasteiger partial charge in [-0.3, -0.25) is 14.3 Å². The van der Waals surface area contributed by atoms with E-state index in [1.807, 2.05) is 17.9 Å². The Morgan fingerprint density at radius 3 is 2.77 bits per heavy atom. The van der Waals surface area contributed by atoms with Crippen LogP contribution in [0.4, 0.5) is 11.4 Å². The summed E-state index contributed by atoms with van der Waals surface area (Å²) in [7, 11) is 0. The summed E-state index contributed by atoms with van der Waals surface area (Å²) >= 11 is 1.73. The topological polar surface area (TPSA) is 61.9 Å². The molecule has 2 fully saturated rings. The fourth-order valence-electron chi connectivity index (χ4n) is 4.12. The number of hydrogen-bond donors (Lipinski definition) is 1. The first kappa shape index (κ1) is 17.8. The summed E-state index contributed by atoms with van der Waals surface area (Å²) in [4.78, 5) is 29.0. The smallest absolute Gasteiger partial charge is 0.256 e. The van der Waals surface area contributed by atoms with E-state index in [4.69, 9.17) is 4.74 Å². The van der Waals surface area contributed by atoms with E-state index >= 15 is 0 Å². The Balaban J connectivity index is 1.74. The molecule has 1 N–H and O–H groups in total. The fourth-order valence-corrected chi connectivity index (χ4v) is 5.08. The maximum absolute atomic E-state index is 13.1. The van der Waals surface area contributed by atoms with Gasteiger partial charge in [0.1, 0.15) is 6.10 Å². The van der Waals surface area contributed by atoms with Crippen LogP contribution < -0.4 is 14.5 Å². The van der Waals surface area contributed by atoms with Crippen LogP contribution in [0.15, 0.2) is 18.2 Å². The molecule has 3 heterocycles. The minimum Gasteiger partial charge on any atom is -0.368 e. The van der Waals surface area contributed by atoms with Gasteiger partial charge in [-0.2, -0.15) is 0 Å². The normalized spacial score (nSPS) is 28.3. The number of rotatable bonds is 2. The first-order valence-electron chi connectivity index (χ1n) is 9.31. The van der Waals surface area contributed by atoms with E-state index in [1.165, 1.54) is 5.56 Å². The summed E-state index contributed by atoms with van der Waals surface area (Å²) in [6, 6.07) is 6.12. The Bertz CT molecular complexity index is 714. The molecule has 2 unspecified atom stereocenters. The molecule has 0 spiro atoms. The van der Waals surface area contributed by atoms with Gasteiger partial charge in [-0.25, -0.2) is 0 Å². The van der Waals surface area contributed by atoms with Gasteiger partial charge in [0.05, 0.1) is 17.4 Å². The number of hydrogen-bond acceptors (Lipinski definition) is 5. The lowest BCUT2D eigenvalue weighted by Gasteiger charge is -2.41. The predicted octanol–water partition coefficient (Wildman–Crippen LogP) is 2.64. The molecule has 26 heavy (non-hydrogen) atoms. The average molecular weight is 375 g/mol. The number of carbonyl (C=O) groups excluding carboxylic acids is 2. The van der Waals surface area contributed by atoms with Crippen molar-refractivity contribution in [2.75, 3.05) is 29.5 Å². The van der Waals surface area contributed by atoms with Gasteiger partial charge < -0.3 is 14.5 Å². The molecule has 6 nitrogen and oxygen atoms in total. The van der Waals surface area contributed by atoms with Crippen molar-refractivity contribution in [3.05, 3.63) is 23.8 Å². The number of ether oxygens (including phenoxy) is 1. The molecule has 2 amide bonds. The largest absolute Gasteiger partial charge is 0.368 e. The van der Waals surface area contributed by atoms with E-state index in [1.54, 1.807) is 23.8 Å². The van der Waals surface area contributed by atoms with Crippen molar-refractivity contribution in [1.82, 2.24) is 4.72 Å². The molecule has 2 saturated heterocycles. The van der Waals surface area contributed by atoms with Gasteiger partial charge in [-0.1, -0.05) is 18.0 Å². The van der Waals surface area contributed by atoms with Crippen LogP contribution in [0.5, 0.6) is 0 Å². The molecule has 1 aromatic carbocycles. The number of anilines is 2. The molecule has 1 aromatic rings. The molecule has 3 atom stereocenters. The average Bonchev–Trinajstić information content (AvgIpc) is 3.33. The van der Waals surface area contributed by atoms with Crippen molar-refractivity contribution in [2.24, 2.45) is 0 Å². The molecular weight excluding hydrogens is 350 g/mol. The second kappa shape index (κ2) is 7.21. The van der Waals surface area contributed by atoms with E-state index in [0.717, 1.165) is 37.2 Å². The molecular formula is C19H25N3O3S. The van der Waals surface area contributed by atoms with Gasteiger partial charge in [0.15, 0.2) is 0 Å². The Labute approximate surface area is 158 Å². The Morgan fingerprint density at radius 2 is 2.12 bits per heavy atom. The molecule has 3 aliphatic rings. The number of benzene rings is 1. The molecule has 0 aliphatic carbocycles. The lowest BCUT2D eigenvalue weighted by atomic mass is 10.0. The maximum Gasteiger partial charge on any atom is 0.256 e. The van der Waals surface area contributed by atoms with E-state index in [9.17, 15) is 9.59 Å². The van der Waals surface area contributed by atoms with Gasteiger partial charge in [-0.15, -0.1) is 0 Å². The van der Waals surface area contributed by atoms with Crippen molar-refractivity contribution < 1.29 is 14.3 Å². The quantitative estimate of drug-likeness (QED) is 0.805. The molecule has 0 aromatic heterocycles. The Hall–Kier alpha value is -1.57. The Morgan fingerprint density at radius 1 is 1.27 bits per heavy atom. The lowest BCUT2D eigenvalue weighted by molar-refractivity contribution is -0.127. The lowest BCUT2D eigenvalue weighted by Crippen LogP contribution is -2.53. The molecule has 4 rings (SSSR count). The number of carbonyl (C=O) groups is 2. The number of nitrogens with one attached hydrogen (secondary N) is 1. The van der Waals surface area contributed by atoms with Gasteiger partial charge in [-0.05, 0) is 43.9 Å². The van der Waals surface area contributed by atoms with Crippen molar-refractivity contribution in [3.63, 3.8) is 0 Å². The first-order chi connectivity index (χ1) is 12.6. The van der Waals surface area contributed by atoms with Crippen LogP contribution in [0.25, 0.3) is 0 Å². The van der Waals surface area contributed by atoms with Gasteiger partial charge in [0.25, 0.3) is 5.91 Å². The zero-order valence-corrected chi connectivity index (χ0v) is 16.1. The summed E-state index contributed by atoms with van der Waals surface area (Å²) in [5.74, 6) is 0.0285. The predicted molar refractivity (Wildman–Crippen MR) is 103 cm³/mol. The summed E-state index contributed by atoms with van der Waals surface area (Å²) in [6.45, 7) is 5.72. The highest BCUT2D eigenvalue weighted by atomic mass is 32.2. The minimum absolute atomic E-state index is 0.00706. The number of fused-ring (bicyclic) bond motifs is 1. The van der Waals surface area contributed by atoms with Crippen LogP contribution in [0.2, 0.25) is 0 Å². The van der Waals surface area contributed by atoms with Gasteiger partial charge >= 0.3 is 0 Å². The standard InChI is InChI=1S/C19H25N3O3S/c1-12-11-21(19(24)17-4-3-9-25-17)16-10-14(18-7-8-20-26-18)5-6-15(16)22(12)13(2)23/h5-6,10,12,17-18,20H,3-4,7-9,11H2,1-2H3/t12-,17?,18?/m0/s1. The van der Waals surface area contributed by atoms with Crippen molar-refractivity contribution in [2.45, 2.75) is 50.5 Å². The molecule has 0 saturated carbocycles. The summed E-state index contributed by atoms with van der Waals surface area (Å²) < 4.78 is 8.95. The monoisotopic (exact) mass is 375 g/mol. The molecule has 7 heteroatoms. The van der Waals surface area contributed by atoms with E-state index in [0.29, 0.717) is 18.4 Å². The zero-order valence-electron chi connectivity index (χ0n) is 15.2. The van der Waals surface area contributed by atoms with Gasteiger partial charge in [0, 0.05) is 31.9 Å². The fraction of sp³-hybridized carbons (Fsp3) is 0.579. The first-order valence-corrected chi connectivity index (χ1v) is 10.2. The molecule has 3 aliphatic heterocycles. The highest BCUT2D eigenvalue weighted by Gasteiger charge is 2.37. The molecule has 0 bridgehead atoms.